The Hall–Kier alpha value is -2.63. The average Bonchev–Trinajstić information content (AvgIpc) is 2.46. The number of amidine groups is 1. The van der Waals surface area contributed by atoms with E-state index in [1.54, 1.807) is 13.3 Å². The quantitative estimate of drug-likeness (QED) is 0.640. The molecule has 0 unspecified atom stereocenters. The molecule has 0 bridgehead atoms. The molecule has 19 heavy (non-hydrogen) atoms. The lowest BCUT2D eigenvalue weighted by Gasteiger charge is -2.20. The van der Waals surface area contributed by atoms with Gasteiger partial charge in [0.2, 0.25) is 0 Å². The molecule has 0 amide bonds. The zero-order valence-corrected chi connectivity index (χ0v) is 10.8. The van der Waals surface area contributed by atoms with Gasteiger partial charge in [-0.05, 0) is 24.3 Å². The maximum absolute atomic E-state index is 7.52. The average molecular weight is 257 g/mol. The molecule has 6 nitrogen and oxygen atoms in total. The first kappa shape index (κ1) is 12.8. The minimum absolute atomic E-state index is 0.108. The van der Waals surface area contributed by atoms with Crippen molar-refractivity contribution < 1.29 is 4.74 Å². The molecule has 0 atom stereocenters. The van der Waals surface area contributed by atoms with Gasteiger partial charge in [0.25, 0.3) is 0 Å². The predicted octanol–water partition coefficient (Wildman–Crippen LogP) is 1.54. The van der Waals surface area contributed by atoms with E-state index in [1.165, 1.54) is 6.20 Å². The summed E-state index contributed by atoms with van der Waals surface area (Å²) < 4.78 is 5.12. The van der Waals surface area contributed by atoms with Gasteiger partial charge in [0.15, 0.2) is 5.82 Å². The van der Waals surface area contributed by atoms with Crippen molar-refractivity contribution in [2.24, 2.45) is 5.73 Å². The smallest absolute Gasteiger partial charge is 0.162 e. The molecule has 0 fully saturated rings. The van der Waals surface area contributed by atoms with Crippen molar-refractivity contribution in [3.05, 3.63) is 42.4 Å². The van der Waals surface area contributed by atoms with E-state index in [4.69, 9.17) is 15.9 Å². The molecule has 1 heterocycles. The number of nitrogen functional groups attached to an aromatic ring is 1. The number of hydrogen-bond donors (Lipinski definition) is 2. The molecule has 0 saturated heterocycles. The third kappa shape index (κ3) is 2.62. The highest BCUT2D eigenvalue weighted by Crippen LogP contribution is 2.25. The summed E-state index contributed by atoms with van der Waals surface area (Å²) in [5, 5.41) is 7.52. The Balaban J connectivity index is 2.37. The zero-order valence-electron chi connectivity index (χ0n) is 10.8. The minimum atomic E-state index is -0.108. The Bertz CT molecular complexity index is 582. The van der Waals surface area contributed by atoms with E-state index in [1.807, 2.05) is 36.2 Å². The van der Waals surface area contributed by atoms with E-state index in [0.29, 0.717) is 11.5 Å². The summed E-state index contributed by atoms with van der Waals surface area (Å²) in [6.07, 6.45) is 3.09. The van der Waals surface area contributed by atoms with Gasteiger partial charge < -0.3 is 15.4 Å². The molecule has 0 aliphatic carbocycles. The fourth-order valence-electron chi connectivity index (χ4n) is 1.69. The number of benzene rings is 1. The molecule has 0 aliphatic heterocycles. The van der Waals surface area contributed by atoms with Gasteiger partial charge >= 0.3 is 0 Å². The highest BCUT2D eigenvalue weighted by Gasteiger charge is 2.13. The number of rotatable bonds is 4. The standard InChI is InChI=1S/C13H15N5O/c1-18(9-3-5-10(19-2)6-4-9)13-11(12(14)15)16-7-8-17-13/h3-8H,1-2H3,(H3,14,15). The Morgan fingerprint density at radius 2 is 1.84 bits per heavy atom. The van der Waals surface area contributed by atoms with Crippen molar-refractivity contribution in [1.82, 2.24) is 9.97 Å². The Labute approximate surface area is 111 Å². The van der Waals surface area contributed by atoms with Crippen LogP contribution in [0.15, 0.2) is 36.7 Å². The first-order valence-electron chi connectivity index (χ1n) is 5.66. The van der Waals surface area contributed by atoms with E-state index in [9.17, 15) is 0 Å². The number of nitrogens with two attached hydrogens (primary N) is 1. The second-order valence-corrected chi connectivity index (χ2v) is 3.90. The third-order valence-electron chi connectivity index (χ3n) is 2.71. The molecule has 98 valence electrons. The van der Waals surface area contributed by atoms with Gasteiger partial charge in [0.1, 0.15) is 17.3 Å². The summed E-state index contributed by atoms with van der Waals surface area (Å²) >= 11 is 0. The molecule has 0 radical (unpaired) electrons. The summed E-state index contributed by atoms with van der Waals surface area (Å²) in [4.78, 5) is 10.1. The molecule has 2 aromatic rings. The molecule has 0 spiro atoms. The molecule has 6 heteroatoms. The monoisotopic (exact) mass is 257 g/mol. The predicted molar refractivity (Wildman–Crippen MR) is 74.1 cm³/mol. The molecular formula is C13H15N5O. The highest BCUT2D eigenvalue weighted by atomic mass is 16.5. The topological polar surface area (TPSA) is 88.1 Å². The highest BCUT2D eigenvalue weighted by molar-refractivity contribution is 5.98. The van der Waals surface area contributed by atoms with Crippen LogP contribution in [0.5, 0.6) is 5.75 Å². The third-order valence-corrected chi connectivity index (χ3v) is 2.71. The maximum Gasteiger partial charge on any atom is 0.162 e. The van der Waals surface area contributed by atoms with Gasteiger partial charge in [-0.25, -0.2) is 9.97 Å². The van der Waals surface area contributed by atoms with E-state index in [0.717, 1.165) is 11.4 Å². The minimum Gasteiger partial charge on any atom is -0.497 e. The number of anilines is 2. The van der Waals surface area contributed by atoms with Crippen LogP contribution in [0.4, 0.5) is 11.5 Å². The lowest BCUT2D eigenvalue weighted by Crippen LogP contribution is -2.21. The fourth-order valence-corrected chi connectivity index (χ4v) is 1.69. The van der Waals surface area contributed by atoms with Crippen LogP contribution in [0.25, 0.3) is 0 Å². The van der Waals surface area contributed by atoms with Crippen molar-refractivity contribution in [3.63, 3.8) is 0 Å². The second-order valence-electron chi connectivity index (χ2n) is 3.90. The van der Waals surface area contributed by atoms with Gasteiger partial charge in [0, 0.05) is 25.1 Å². The summed E-state index contributed by atoms with van der Waals surface area (Å²) in [5.74, 6) is 1.21. The van der Waals surface area contributed by atoms with Gasteiger partial charge in [-0.1, -0.05) is 0 Å². The van der Waals surface area contributed by atoms with Crippen LogP contribution in [0.2, 0.25) is 0 Å². The zero-order chi connectivity index (χ0) is 13.8. The maximum atomic E-state index is 7.52. The molecule has 1 aromatic heterocycles. The fraction of sp³-hybridized carbons (Fsp3) is 0.154. The van der Waals surface area contributed by atoms with Gasteiger partial charge in [-0.3, -0.25) is 5.41 Å². The summed E-state index contributed by atoms with van der Waals surface area (Å²) in [7, 11) is 3.47. The van der Waals surface area contributed by atoms with Crippen LogP contribution in [0.3, 0.4) is 0 Å². The van der Waals surface area contributed by atoms with Crippen molar-refractivity contribution in [3.8, 4) is 5.75 Å². The number of methoxy groups -OCH3 is 1. The molecule has 2 rings (SSSR count). The van der Waals surface area contributed by atoms with E-state index < -0.39 is 0 Å². The Kier molecular flexibility index (Phi) is 3.61. The van der Waals surface area contributed by atoms with Gasteiger partial charge in [-0.15, -0.1) is 0 Å². The van der Waals surface area contributed by atoms with Crippen LogP contribution in [0, 0.1) is 5.41 Å². The SMILES string of the molecule is COc1ccc(N(C)c2nccnc2C(=N)N)cc1. The van der Waals surface area contributed by atoms with Gasteiger partial charge in [0.05, 0.1) is 7.11 Å². The summed E-state index contributed by atoms with van der Waals surface area (Å²) in [5.41, 5.74) is 6.78. The lowest BCUT2D eigenvalue weighted by atomic mass is 10.2. The van der Waals surface area contributed by atoms with Crippen LogP contribution < -0.4 is 15.4 Å². The van der Waals surface area contributed by atoms with Crippen LogP contribution in [-0.2, 0) is 0 Å². The van der Waals surface area contributed by atoms with E-state index >= 15 is 0 Å². The van der Waals surface area contributed by atoms with Crippen molar-refractivity contribution in [1.29, 1.82) is 5.41 Å². The number of nitrogens with zero attached hydrogens (tertiary/aromatic N) is 3. The van der Waals surface area contributed by atoms with Crippen molar-refractivity contribution in [2.75, 3.05) is 19.1 Å². The number of hydrogen-bond acceptors (Lipinski definition) is 5. The van der Waals surface area contributed by atoms with E-state index in [2.05, 4.69) is 9.97 Å². The molecule has 0 saturated carbocycles. The molecule has 0 aliphatic rings. The summed E-state index contributed by atoms with van der Waals surface area (Å²) in [6.45, 7) is 0. The van der Waals surface area contributed by atoms with Crippen molar-refractivity contribution >= 4 is 17.3 Å². The molecule has 1 aromatic carbocycles. The van der Waals surface area contributed by atoms with Crippen LogP contribution in [-0.4, -0.2) is 30.0 Å². The van der Waals surface area contributed by atoms with Crippen molar-refractivity contribution in [2.45, 2.75) is 0 Å². The number of ether oxygens (including phenoxy) is 1. The lowest BCUT2D eigenvalue weighted by molar-refractivity contribution is 0.415. The molecule has 3 N–H and O–H groups in total. The first-order valence-corrected chi connectivity index (χ1v) is 5.66. The van der Waals surface area contributed by atoms with Crippen LogP contribution >= 0.6 is 0 Å². The van der Waals surface area contributed by atoms with Gasteiger partial charge in [-0.2, -0.15) is 0 Å². The normalized spacial score (nSPS) is 10.0. The number of nitrogens with one attached hydrogen (secondary N) is 1. The summed E-state index contributed by atoms with van der Waals surface area (Å²) in [6, 6.07) is 7.51. The molecular weight excluding hydrogens is 242 g/mol. The van der Waals surface area contributed by atoms with E-state index in [-0.39, 0.29) is 5.84 Å². The largest absolute Gasteiger partial charge is 0.497 e. The number of aromatic nitrogens is 2. The second kappa shape index (κ2) is 5.34. The Morgan fingerprint density at radius 3 is 2.42 bits per heavy atom. The Morgan fingerprint density at radius 1 is 1.21 bits per heavy atom. The van der Waals surface area contributed by atoms with Crippen LogP contribution in [0.1, 0.15) is 5.69 Å². The first-order chi connectivity index (χ1) is 9.13.